The zero-order chi connectivity index (χ0) is 24.1. The molecular formula is C24H18F5NO4. The Morgan fingerprint density at radius 2 is 1.41 bits per heavy atom. The Morgan fingerprint density at radius 1 is 0.824 bits per heavy atom. The van der Waals surface area contributed by atoms with Crippen LogP contribution in [-0.2, 0) is 11.3 Å². The third kappa shape index (κ3) is 6.15. The minimum atomic E-state index is -4.75. The molecule has 0 amide bonds. The van der Waals surface area contributed by atoms with Crippen LogP contribution >= 0.6 is 0 Å². The second kappa shape index (κ2) is 9.98. The highest BCUT2D eigenvalue weighted by atomic mass is 19.4. The summed E-state index contributed by atoms with van der Waals surface area (Å²) in [6.07, 6.45) is -4.75. The van der Waals surface area contributed by atoms with Gasteiger partial charge in [0.25, 0.3) is 0 Å². The van der Waals surface area contributed by atoms with E-state index in [0.717, 1.165) is 17.7 Å². The van der Waals surface area contributed by atoms with E-state index < -0.39 is 24.0 Å². The maximum atomic E-state index is 13.9. The van der Waals surface area contributed by atoms with Gasteiger partial charge in [-0.05, 0) is 54.1 Å². The van der Waals surface area contributed by atoms with E-state index in [4.69, 9.17) is 14.2 Å². The molecule has 0 radical (unpaired) electrons. The summed E-state index contributed by atoms with van der Waals surface area (Å²) < 4.78 is 84.7. The highest BCUT2D eigenvalue weighted by Gasteiger charge is 2.31. The average molecular weight is 479 g/mol. The first kappa shape index (κ1) is 23.3. The Kier molecular flexibility index (Phi) is 6.85. The number of hydrogen-bond donors (Lipinski definition) is 0. The smallest absolute Gasteiger partial charge is 0.491 e. The largest absolute Gasteiger partial charge is 0.573 e. The number of alkyl halides is 3. The molecule has 3 aromatic carbocycles. The Morgan fingerprint density at radius 3 is 2.06 bits per heavy atom. The van der Waals surface area contributed by atoms with Crippen LogP contribution in [0.25, 0.3) is 0 Å². The van der Waals surface area contributed by atoms with Crippen molar-refractivity contribution < 1.29 is 40.9 Å². The Balaban J connectivity index is 1.26. The lowest BCUT2D eigenvalue weighted by Gasteiger charge is -2.11. The third-order valence-corrected chi connectivity index (χ3v) is 4.72. The van der Waals surface area contributed by atoms with Crippen molar-refractivity contribution >= 4 is 5.90 Å². The second-order valence-corrected chi connectivity index (χ2v) is 7.26. The zero-order valence-corrected chi connectivity index (χ0v) is 17.5. The van der Waals surface area contributed by atoms with Crippen LogP contribution in [0.4, 0.5) is 22.0 Å². The van der Waals surface area contributed by atoms with E-state index >= 15 is 0 Å². The molecule has 1 aliphatic rings. The molecule has 34 heavy (non-hydrogen) atoms. The molecule has 0 saturated heterocycles. The summed E-state index contributed by atoms with van der Waals surface area (Å²) >= 11 is 0. The number of benzene rings is 3. The van der Waals surface area contributed by atoms with E-state index in [1.807, 2.05) is 0 Å². The van der Waals surface area contributed by atoms with Crippen LogP contribution in [0.15, 0.2) is 71.7 Å². The second-order valence-electron chi connectivity index (χ2n) is 7.26. The molecule has 1 aliphatic heterocycles. The fourth-order valence-electron chi connectivity index (χ4n) is 3.12. The molecule has 0 aromatic heterocycles. The minimum Gasteiger partial charge on any atom is -0.491 e. The first-order valence-corrected chi connectivity index (χ1v) is 10.1. The van der Waals surface area contributed by atoms with Crippen LogP contribution in [0, 0.1) is 11.6 Å². The van der Waals surface area contributed by atoms with E-state index in [9.17, 15) is 22.0 Å². The van der Waals surface area contributed by atoms with E-state index in [1.165, 1.54) is 30.3 Å². The van der Waals surface area contributed by atoms with Crippen molar-refractivity contribution in [3.63, 3.8) is 0 Å². The number of aliphatic imine (C=N–C) groups is 1. The van der Waals surface area contributed by atoms with Gasteiger partial charge in [0.15, 0.2) is 0 Å². The van der Waals surface area contributed by atoms with Gasteiger partial charge in [0.1, 0.15) is 60.3 Å². The van der Waals surface area contributed by atoms with Gasteiger partial charge >= 0.3 is 6.36 Å². The molecule has 10 heteroatoms. The molecule has 0 N–H and O–H groups in total. The Hall–Kier alpha value is -3.82. The van der Waals surface area contributed by atoms with Gasteiger partial charge in [-0.25, -0.2) is 13.8 Å². The molecule has 4 rings (SSSR count). The van der Waals surface area contributed by atoms with Gasteiger partial charge in [-0.1, -0.05) is 18.2 Å². The van der Waals surface area contributed by atoms with Crippen LogP contribution < -0.4 is 14.2 Å². The van der Waals surface area contributed by atoms with Crippen molar-refractivity contribution in [2.24, 2.45) is 4.99 Å². The first-order valence-electron chi connectivity index (χ1n) is 10.1. The van der Waals surface area contributed by atoms with Crippen molar-refractivity contribution in [1.29, 1.82) is 0 Å². The molecule has 178 valence electrons. The molecule has 0 spiro atoms. The van der Waals surface area contributed by atoms with Crippen molar-refractivity contribution in [2.45, 2.75) is 19.0 Å². The summed E-state index contributed by atoms with van der Waals surface area (Å²) in [6, 6.07) is 15.2. The molecule has 0 saturated carbocycles. The van der Waals surface area contributed by atoms with Gasteiger partial charge in [-0.3, -0.25) is 0 Å². The lowest BCUT2D eigenvalue weighted by Crippen LogP contribution is -2.17. The van der Waals surface area contributed by atoms with Gasteiger partial charge in [-0.2, -0.15) is 0 Å². The average Bonchev–Trinajstić information content (AvgIpc) is 3.25. The van der Waals surface area contributed by atoms with Crippen molar-refractivity contribution in [3.8, 4) is 17.2 Å². The van der Waals surface area contributed by atoms with E-state index in [1.54, 1.807) is 24.3 Å². The lowest BCUT2D eigenvalue weighted by atomic mass is 10.2. The van der Waals surface area contributed by atoms with E-state index in [-0.39, 0.29) is 37.0 Å². The molecule has 5 nitrogen and oxygen atoms in total. The van der Waals surface area contributed by atoms with Crippen molar-refractivity contribution in [3.05, 3.63) is 89.5 Å². The zero-order valence-electron chi connectivity index (χ0n) is 17.5. The van der Waals surface area contributed by atoms with Gasteiger partial charge in [0, 0.05) is 0 Å². The topological polar surface area (TPSA) is 49.3 Å². The highest BCUT2D eigenvalue weighted by Crippen LogP contribution is 2.25. The fourth-order valence-corrected chi connectivity index (χ4v) is 3.12. The summed E-state index contributed by atoms with van der Waals surface area (Å²) in [4.78, 5) is 4.20. The van der Waals surface area contributed by atoms with Gasteiger partial charge in [0.2, 0.25) is 5.90 Å². The summed E-state index contributed by atoms with van der Waals surface area (Å²) in [7, 11) is 0. The number of ether oxygens (including phenoxy) is 4. The number of rotatable bonds is 8. The molecule has 1 heterocycles. The van der Waals surface area contributed by atoms with Crippen LogP contribution in [-0.4, -0.2) is 31.5 Å². The molecule has 1 unspecified atom stereocenters. The predicted molar refractivity (Wildman–Crippen MR) is 112 cm³/mol. The fraction of sp³-hybridized carbons (Fsp3) is 0.208. The number of nitrogens with zero attached hydrogens (tertiary/aromatic N) is 1. The summed E-state index contributed by atoms with van der Waals surface area (Å²) in [5, 5.41) is 0. The van der Waals surface area contributed by atoms with Crippen LogP contribution in [0.3, 0.4) is 0 Å². The van der Waals surface area contributed by atoms with E-state index in [2.05, 4.69) is 9.73 Å². The first-order chi connectivity index (χ1) is 16.3. The number of halogens is 5. The monoisotopic (exact) mass is 479 g/mol. The summed E-state index contributed by atoms with van der Waals surface area (Å²) in [5.41, 5.74) is 0.513. The quantitative estimate of drug-likeness (QED) is 0.391. The van der Waals surface area contributed by atoms with E-state index in [0.29, 0.717) is 11.5 Å². The maximum absolute atomic E-state index is 13.9. The molecular weight excluding hydrogens is 461 g/mol. The molecule has 1 atom stereocenters. The van der Waals surface area contributed by atoms with Crippen LogP contribution in [0.1, 0.15) is 11.1 Å². The molecule has 3 aromatic rings. The Labute approximate surface area is 191 Å². The van der Waals surface area contributed by atoms with Gasteiger partial charge in [0.05, 0.1) is 0 Å². The maximum Gasteiger partial charge on any atom is 0.573 e. The SMILES string of the molecule is Fc1cccc(F)c1C1=NC(COc2ccc(COc3ccc(OC(F)(F)F)cc3)cc2)CO1. The molecule has 0 aliphatic carbocycles. The minimum absolute atomic E-state index is 0.0882. The number of hydrogen-bond acceptors (Lipinski definition) is 5. The third-order valence-electron chi connectivity index (χ3n) is 4.72. The Bertz CT molecular complexity index is 1130. The normalized spacial score (nSPS) is 15.4. The van der Waals surface area contributed by atoms with Crippen LogP contribution in [0.5, 0.6) is 17.2 Å². The van der Waals surface area contributed by atoms with Crippen LogP contribution in [0.2, 0.25) is 0 Å². The van der Waals surface area contributed by atoms with Gasteiger partial charge < -0.3 is 18.9 Å². The molecule has 0 fully saturated rings. The standard InChI is InChI=1S/C24H18F5NO4/c25-20-2-1-3-21(26)22(20)23-30-16(14-33-23)13-32-17-6-4-15(5-7-17)12-31-18-8-10-19(11-9-18)34-24(27,28)29/h1-11,16H,12-14H2. The van der Waals surface area contributed by atoms with Crippen molar-refractivity contribution in [1.82, 2.24) is 0 Å². The van der Waals surface area contributed by atoms with Crippen molar-refractivity contribution in [2.75, 3.05) is 13.2 Å². The molecule has 0 bridgehead atoms. The lowest BCUT2D eigenvalue weighted by molar-refractivity contribution is -0.274. The predicted octanol–water partition coefficient (Wildman–Crippen LogP) is 5.67. The van der Waals surface area contributed by atoms with Gasteiger partial charge in [-0.15, -0.1) is 13.2 Å². The summed E-state index contributed by atoms with van der Waals surface area (Å²) in [6.45, 7) is 0.488. The highest BCUT2D eigenvalue weighted by molar-refractivity contribution is 5.95. The summed E-state index contributed by atoms with van der Waals surface area (Å²) in [5.74, 6) is -0.971.